The average molecular weight is 374 g/mol. The molecule has 0 unspecified atom stereocenters. The summed E-state index contributed by atoms with van der Waals surface area (Å²) < 4.78 is 0. The summed E-state index contributed by atoms with van der Waals surface area (Å²) in [6.45, 7) is 4.64. The van der Waals surface area contributed by atoms with Crippen LogP contribution in [0, 0.1) is 0 Å². The smallest absolute Gasteiger partial charge is 0.180 e. The van der Waals surface area contributed by atoms with Gasteiger partial charge in [-0.25, -0.2) is 9.97 Å². The Hall–Kier alpha value is -3.61. The molecule has 1 aliphatic heterocycles. The van der Waals surface area contributed by atoms with Crippen LogP contribution < -0.4 is 15.1 Å². The van der Waals surface area contributed by atoms with Crippen LogP contribution in [0.3, 0.4) is 0 Å². The lowest BCUT2D eigenvalue weighted by Gasteiger charge is -2.22. The maximum absolute atomic E-state index is 11.9. The molecule has 0 saturated heterocycles. The van der Waals surface area contributed by atoms with Crippen molar-refractivity contribution in [3.8, 4) is 0 Å². The summed E-state index contributed by atoms with van der Waals surface area (Å²) >= 11 is 0. The number of nitrogens with one attached hydrogen (secondary N) is 2. The largest absolute Gasteiger partial charge is 0.365 e. The van der Waals surface area contributed by atoms with E-state index < -0.39 is 0 Å². The summed E-state index contributed by atoms with van der Waals surface area (Å²) in [6.07, 6.45) is 9.82. The van der Waals surface area contributed by atoms with Crippen LogP contribution in [0.4, 0.5) is 17.5 Å². The number of hydrogen-bond donors (Lipinski definition) is 2. The van der Waals surface area contributed by atoms with Crippen LogP contribution in [0.25, 0.3) is 10.9 Å². The Morgan fingerprint density at radius 1 is 1.21 bits per heavy atom. The van der Waals surface area contributed by atoms with Crippen LogP contribution in [0.5, 0.6) is 0 Å². The molecule has 0 spiro atoms. The van der Waals surface area contributed by atoms with Gasteiger partial charge in [0.25, 0.3) is 0 Å². The minimum absolute atomic E-state index is 0.212. The molecule has 4 rings (SSSR count). The molecule has 0 amide bonds. The van der Waals surface area contributed by atoms with Crippen LogP contribution in [0.1, 0.15) is 13.8 Å². The van der Waals surface area contributed by atoms with Gasteiger partial charge >= 0.3 is 0 Å². The highest BCUT2D eigenvalue weighted by Crippen LogP contribution is 2.28. The van der Waals surface area contributed by atoms with E-state index in [-0.39, 0.29) is 6.04 Å². The van der Waals surface area contributed by atoms with Crippen LogP contribution >= 0.6 is 0 Å². The third-order valence-electron chi connectivity index (χ3n) is 4.41. The van der Waals surface area contributed by atoms with Crippen molar-refractivity contribution in [1.29, 1.82) is 0 Å². The molecule has 1 aromatic carbocycles. The molecule has 2 N–H and O–H groups in total. The lowest BCUT2D eigenvalue weighted by molar-refractivity contribution is -0.105. The van der Waals surface area contributed by atoms with E-state index in [1.54, 1.807) is 18.6 Å². The maximum atomic E-state index is 11.9. The van der Waals surface area contributed by atoms with Crippen molar-refractivity contribution in [2.45, 2.75) is 19.9 Å². The molecule has 0 aliphatic carbocycles. The van der Waals surface area contributed by atoms with E-state index in [1.807, 2.05) is 66.3 Å². The van der Waals surface area contributed by atoms with E-state index in [0.29, 0.717) is 23.9 Å². The Balaban J connectivity index is 1.72. The average Bonchev–Trinajstić information content (AvgIpc) is 3.00. The Kier molecular flexibility index (Phi) is 4.80. The van der Waals surface area contributed by atoms with Crippen molar-refractivity contribution in [3.05, 3.63) is 66.9 Å². The second-order valence-corrected chi connectivity index (χ2v) is 6.84. The van der Waals surface area contributed by atoms with Gasteiger partial charge in [-0.15, -0.1) is 0 Å². The van der Waals surface area contributed by atoms with E-state index in [9.17, 15) is 4.79 Å². The number of carbonyl (C=O) groups is 1. The number of para-hydroxylation sites is 1. The van der Waals surface area contributed by atoms with Gasteiger partial charge in [0.05, 0.1) is 5.70 Å². The van der Waals surface area contributed by atoms with Gasteiger partial charge in [0, 0.05) is 48.3 Å². The standard InChI is InChI=1S/C21H22N6O/c1-15(2)24-20-21(23-9-8-22-20)26-10-5-11-27(17(13-26)14-28)19-12-16-6-3-4-7-18(16)25-19/h3-10,12-15,25H,11H2,1-2H3,(H,22,24). The Morgan fingerprint density at radius 3 is 2.82 bits per heavy atom. The number of aldehydes is 1. The lowest BCUT2D eigenvalue weighted by atomic mass is 10.2. The molecule has 3 aromatic rings. The fourth-order valence-corrected chi connectivity index (χ4v) is 3.19. The van der Waals surface area contributed by atoms with Crippen LogP contribution in [0.2, 0.25) is 0 Å². The lowest BCUT2D eigenvalue weighted by Crippen LogP contribution is -2.24. The van der Waals surface area contributed by atoms with Crippen molar-refractivity contribution in [3.63, 3.8) is 0 Å². The summed E-state index contributed by atoms with van der Waals surface area (Å²) in [5.41, 5.74) is 1.56. The van der Waals surface area contributed by atoms with E-state index in [1.165, 1.54) is 0 Å². The Bertz CT molecular complexity index is 1020. The number of rotatable bonds is 5. The third-order valence-corrected chi connectivity index (χ3v) is 4.41. The molecule has 1 aliphatic rings. The number of carbonyl (C=O) groups excluding carboxylic acids is 1. The van der Waals surface area contributed by atoms with Crippen molar-refractivity contribution >= 4 is 34.6 Å². The number of nitrogens with zero attached hydrogens (tertiary/aromatic N) is 4. The number of anilines is 3. The summed E-state index contributed by atoms with van der Waals surface area (Å²) in [4.78, 5) is 27.9. The quantitative estimate of drug-likeness (QED) is 0.664. The van der Waals surface area contributed by atoms with E-state index in [4.69, 9.17) is 0 Å². The molecule has 0 radical (unpaired) electrons. The van der Waals surface area contributed by atoms with Crippen LogP contribution in [-0.2, 0) is 4.79 Å². The molecule has 142 valence electrons. The zero-order valence-corrected chi connectivity index (χ0v) is 15.8. The number of aromatic nitrogens is 3. The van der Waals surface area contributed by atoms with Gasteiger partial charge in [0.15, 0.2) is 17.9 Å². The number of allylic oxidation sites excluding steroid dienone is 1. The molecular weight excluding hydrogens is 352 g/mol. The molecule has 2 aromatic heterocycles. The molecule has 0 bridgehead atoms. The Morgan fingerprint density at radius 2 is 2.04 bits per heavy atom. The second-order valence-electron chi connectivity index (χ2n) is 6.84. The zero-order chi connectivity index (χ0) is 19.5. The first-order valence-corrected chi connectivity index (χ1v) is 9.20. The van der Waals surface area contributed by atoms with Gasteiger partial charge in [-0.05, 0) is 32.1 Å². The summed E-state index contributed by atoms with van der Waals surface area (Å²) in [5.74, 6) is 2.18. The third kappa shape index (κ3) is 3.46. The molecule has 0 atom stereocenters. The monoisotopic (exact) mass is 374 g/mol. The SMILES string of the molecule is CC(C)Nc1nccnc1N1C=CCN(c2cc3ccccc3[nH]2)C(C=O)=C1. The highest BCUT2D eigenvalue weighted by atomic mass is 16.1. The zero-order valence-electron chi connectivity index (χ0n) is 15.8. The molecule has 28 heavy (non-hydrogen) atoms. The minimum atomic E-state index is 0.212. The highest BCUT2D eigenvalue weighted by molar-refractivity contribution is 5.88. The van der Waals surface area contributed by atoms with Crippen molar-refractivity contribution in [1.82, 2.24) is 15.0 Å². The maximum Gasteiger partial charge on any atom is 0.180 e. The number of H-pyrrole nitrogens is 1. The summed E-state index contributed by atoms with van der Waals surface area (Å²) in [5, 5.41) is 4.40. The van der Waals surface area contributed by atoms with Gasteiger partial charge in [-0.2, -0.15) is 0 Å². The van der Waals surface area contributed by atoms with Crippen LogP contribution in [-0.4, -0.2) is 33.8 Å². The van der Waals surface area contributed by atoms with Gasteiger partial charge in [0.2, 0.25) is 0 Å². The predicted molar refractivity (Wildman–Crippen MR) is 112 cm³/mol. The fraction of sp³-hybridized carbons (Fsp3) is 0.190. The van der Waals surface area contributed by atoms with E-state index >= 15 is 0 Å². The van der Waals surface area contributed by atoms with Gasteiger partial charge in [0.1, 0.15) is 5.82 Å². The molecule has 3 heterocycles. The molecule has 0 fully saturated rings. The number of benzene rings is 1. The second kappa shape index (κ2) is 7.56. The highest BCUT2D eigenvalue weighted by Gasteiger charge is 2.19. The topological polar surface area (TPSA) is 77.2 Å². The van der Waals surface area contributed by atoms with Crippen molar-refractivity contribution < 1.29 is 4.79 Å². The number of aromatic amines is 1. The van der Waals surface area contributed by atoms with Crippen LogP contribution in [0.15, 0.2) is 66.9 Å². The fourth-order valence-electron chi connectivity index (χ4n) is 3.19. The Labute approximate surface area is 163 Å². The summed E-state index contributed by atoms with van der Waals surface area (Å²) in [7, 11) is 0. The number of hydrogen-bond acceptors (Lipinski definition) is 6. The summed E-state index contributed by atoms with van der Waals surface area (Å²) in [6, 6.07) is 10.3. The number of fused-ring (bicyclic) bond motifs is 1. The van der Waals surface area contributed by atoms with Gasteiger partial charge in [-0.1, -0.05) is 18.2 Å². The molecule has 7 nitrogen and oxygen atoms in total. The van der Waals surface area contributed by atoms with Crippen molar-refractivity contribution in [2.24, 2.45) is 0 Å². The van der Waals surface area contributed by atoms with Crippen molar-refractivity contribution in [2.75, 3.05) is 21.7 Å². The van der Waals surface area contributed by atoms with E-state index in [2.05, 4.69) is 20.3 Å². The first kappa shape index (κ1) is 17.8. The minimum Gasteiger partial charge on any atom is -0.365 e. The first-order chi connectivity index (χ1) is 13.7. The predicted octanol–water partition coefficient (Wildman–Crippen LogP) is 3.66. The molecule has 7 heteroatoms. The first-order valence-electron chi connectivity index (χ1n) is 9.20. The van der Waals surface area contributed by atoms with E-state index in [0.717, 1.165) is 23.0 Å². The van der Waals surface area contributed by atoms with Gasteiger partial charge in [-0.3, -0.25) is 4.79 Å². The normalized spacial score (nSPS) is 14.3. The molecular formula is C21H22N6O. The van der Waals surface area contributed by atoms with Gasteiger partial charge < -0.3 is 20.1 Å². The molecule has 0 saturated carbocycles.